The second-order valence-electron chi connectivity index (χ2n) is 7.90. The largest absolute Gasteiger partial charge is 0.501 e. The lowest BCUT2D eigenvalue weighted by atomic mass is 9.91. The van der Waals surface area contributed by atoms with Gasteiger partial charge in [0.05, 0.1) is 31.6 Å². The number of nitriles is 1. The average molecular weight is 411 g/mol. The highest BCUT2D eigenvalue weighted by Gasteiger charge is 2.32. The van der Waals surface area contributed by atoms with Gasteiger partial charge in [-0.15, -0.1) is 0 Å². The standard InChI is InChI=1S/C23H26FN3O3/c1-28-19-4-2-9-23(15-19,16-25)29-13-3-10-27-11-7-17(8-12-27)22-20-6-5-18(24)14-21(20)30-26-22/h2,4-6,9,14,17H,3,7-8,10-13,15H2,1H3. The molecule has 0 saturated carbocycles. The molecule has 158 valence electrons. The number of aromatic nitrogens is 1. The number of likely N-dealkylation sites (tertiary alicyclic amines) is 1. The maximum atomic E-state index is 13.4. The summed E-state index contributed by atoms with van der Waals surface area (Å²) in [6.45, 7) is 3.39. The van der Waals surface area contributed by atoms with Gasteiger partial charge in [0.1, 0.15) is 11.9 Å². The zero-order valence-electron chi connectivity index (χ0n) is 17.1. The predicted octanol–water partition coefficient (Wildman–Crippen LogP) is 4.31. The Kier molecular flexibility index (Phi) is 6.16. The first-order chi connectivity index (χ1) is 14.6. The van der Waals surface area contributed by atoms with Gasteiger partial charge in [0.2, 0.25) is 0 Å². The number of piperidine rings is 1. The number of ether oxygens (including phenoxy) is 2. The molecular weight excluding hydrogens is 385 g/mol. The van der Waals surface area contributed by atoms with Crippen molar-refractivity contribution in [2.45, 2.75) is 37.2 Å². The van der Waals surface area contributed by atoms with Gasteiger partial charge < -0.3 is 18.9 Å². The van der Waals surface area contributed by atoms with Crippen molar-refractivity contribution in [3.63, 3.8) is 0 Å². The van der Waals surface area contributed by atoms with Crippen molar-refractivity contribution in [3.05, 3.63) is 53.7 Å². The lowest BCUT2D eigenvalue weighted by Crippen LogP contribution is -2.35. The van der Waals surface area contributed by atoms with Crippen molar-refractivity contribution >= 4 is 11.0 Å². The van der Waals surface area contributed by atoms with Crippen LogP contribution in [0.15, 0.2) is 46.7 Å². The fraction of sp³-hybridized carbons (Fsp3) is 0.478. The minimum absolute atomic E-state index is 0.307. The van der Waals surface area contributed by atoms with E-state index in [2.05, 4.69) is 16.1 Å². The van der Waals surface area contributed by atoms with Crippen LogP contribution in [0.3, 0.4) is 0 Å². The first-order valence-corrected chi connectivity index (χ1v) is 10.4. The molecule has 1 aromatic carbocycles. The number of methoxy groups -OCH3 is 1. The Morgan fingerprint density at radius 2 is 2.20 bits per heavy atom. The van der Waals surface area contributed by atoms with E-state index in [-0.39, 0.29) is 5.82 Å². The lowest BCUT2D eigenvalue weighted by molar-refractivity contribution is 0.0171. The van der Waals surface area contributed by atoms with Crippen LogP contribution < -0.4 is 0 Å². The number of allylic oxidation sites excluding steroid dienone is 2. The normalized spacial score (nSPS) is 22.8. The minimum atomic E-state index is -0.930. The average Bonchev–Trinajstić information content (AvgIpc) is 3.20. The van der Waals surface area contributed by atoms with E-state index in [1.165, 1.54) is 12.1 Å². The Balaban J connectivity index is 1.23. The number of benzene rings is 1. The number of hydrogen-bond acceptors (Lipinski definition) is 6. The van der Waals surface area contributed by atoms with Crippen molar-refractivity contribution in [1.82, 2.24) is 10.1 Å². The summed E-state index contributed by atoms with van der Waals surface area (Å²) in [5.41, 5.74) is 0.523. The Labute approximate surface area is 175 Å². The fourth-order valence-corrected chi connectivity index (χ4v) is 4.23. The second-order valence-corrected chi connectivity index (χ2v) is 7.90. The van der Waals surface area contributed by atoms with Crippen molar-refractivity contribution < 1.29 is 18.4 Å². The molecular formula is C23H26FN3O3. The number of nitrogens with zero attached hydrogens (tertiary/aromatic N) is 3. The van der Waals surface area contributed by atoms with Gasteiger partial charge in [-0.05, 0) is 56.6 Å². The molecule has 2 heterocycles. The van der Waals surface area contributed by atoms with E-state index in [9.17, 15) is 9.65 Å². The van der Waals surface area contributed by atoms with Gasteiger partial charge in [0.25, 0.3) is 0 Å². The van der Waals surface area contributed by atoms with E-state index in [0.717, 1.165) is 55.7 Å². The third-order valence-electron chi connectivity index (χ3n) is 5.95. The molecule has 0 amide bonds. The lowest BCUT2D eigenvalue weighted by Gasteiger charge is -2.31. The van der Waals surface area contributed by atoms with Crippen LogP contribution in [0, 0.1) is 17.1 Å². The van der Waals surface area contributed by atoms with Crippen molar-refractivity contribution in [3.8, 4) is 6.07 Å². The Morgan fingerprint density at radius 1 is 1.37 bits per heavy atom. The van der Waals surface area contributed by atoms with Gasteiger partial charge in [-0.3, -0.25) is 0 Å². The van der Waals surface area contributed by atoms with E-state index >= 15 is 0 Å². The topological polar surface area (TPSA) is 71.5 Å². The van der Waals surface area contributed by atoms with Crippen LogP contribution in [0.25, 0.3) is 11.0 Å². The summed E-state index contributed by atoms with van der Waals surface area (Å²) in [5, 5.41) is 14.7. The smallest absolute Gasteiger partial charge is 0.179 e. The molecule has 2 aliphatic rings. The number of halogens is 1. The summed E-state index contributed by atoms with van der Waals surface area (Å²) in [6.07, 6.45) is 8.77. The molecule has 7 heteroatoms. The molecule has 0 N–H and O–H groups in total. The third-order valence-corrected chi connectivity index (χ3v) is 5.95. The maximum Gasteiger partial charge on any atom is 0.179 e. The Morgan fingerprint density at radius 3 is 2.97 bits per heavy atom. The van der Waals surface area contributed by atoms with E-state index in [0.29, 0.717) is 24.5 Å². The molecule has 0 radical (unpaired) electrons. The molecule has 1 atom stereocenters. The van der Waals surface area contributed by atoms with Crippen LogP contribution in [0.5, 0.6) is 0 Å². The molecule has 1 unspecified atom stereocenters. The molecule has 6 nitrogen and oxygen atoms in total. The maximum absolute atomic E-state index is 13.4. The molecule has 0 bridgehead atoms. The Hall–Kier alpha value is -2.69. The predicted molar refractivity (Wildman–Crippen MR) is 110 cm³/mol. The van der Waals surface area contributed by atoms with Gasteiger partial charge in [0, 0.05) is 23.9 Å². The molecule has 0 spiro atoms. The second kappa shape index (κ2) is 8.99. The Bertz CT molecular complexity index is 985. The van der Waals surface area contributed by atoms with Gasteiger partial charge in [0.15, 0.2) is 11.2 Å². The van der Waals surface area contributed by atoms with Crippen LogP contribution in [-0.2, 0) is 9.47 Å². The van der Waals surface area contributed by atoms with Gasteiger partial charge in [-0.25, -0.2) is 4.39 Å². The first kappa shape index (κ1) is 20.6. The van der Waals surface area contributed by atoms with E-state index < -0.39 is 5.60 Å². The summed E-state index contributed by atoms with van der Waals surface area (Å²) in [4.78, 5) is 2.41. The quantitative estimate of drug-likeness (QED) is 0.633. The fourth-order valence-electron chi connectivity index (χ4n) is 4.23. The summed E-state index contributed by atoms with van der Waals surface area (Å²) in [7, 11) is 1.61. The summed E-state index contributed by atoms with van der Waals surface area (Å²) < 4.78 is 29.9. The van der Waals surface area contributed by atoms with Crippen LogP contribution >= 0.6 is 0 Å². The molecule has 4 rings (SSSR count). The van der Waals surface area contributed by atoms with Crippen molar-refractivity contribution in [2.24, 2.45) is 0 Å². The molecule has 2 aromatic rings. The highest BCUT2D eigenvalue weighted by molar-refractivity contribution is 5.79. The molecule has 1 aliphatic heterocycles. The van der Waals surface area contributed by atoms with Crippen LogP contribution in [0.2, 0.25) is 0 Å². The van der Waals surface area contributed by atoms with E-state index in [1.807, 2.05) is 12.2 Å². The van der Waals surface area contributed by atoms with Gasteiger partial charge >= 0.3 is 0 Å². The van der Waals surface area contributed by atoms with Crippen molar-refractivity contribution in [1.29, 1.82) is 5.26 Å². The SMILES string of the molecule is COC1=CC=CC(C#N)(OCCCN2CCC(c3noc4cc(F)ccc34)CC2)C1. The molecule has 1 aliphatic carbocycles. The summed E-state index contributed by atoms with van der Waals surface area (Å²) in [6, 6.07) is 6.88. The summed E-state index contributed by atoms with van der Waals surface area (Å²) >= 11 is 0. The van der Waals surface area contributed by atoms with E-state index in [4.69, 9.17) is 14.0 Å². The molecule has 1 fully saturated rings. The van der Waals surface area contributed by atoms with Gasteiger partial charge in [-0.1, -0.05) is 11.2 Å². The van der Waals surface area contributed by atoms with Crippen LogP contribution in [-0.4, -0.2) is 49.0 Å². The number of rotatable bonds is 7. The van der Waals surface area contributed by atoms with Gasteiger partial charge in [-0.2, -0.15) is 5.26 Å². The van der Waals surface area contributed by atoms with Crippen LogP contribution in [0.1, 0.15) is 37.3 Å². The molecule has 1 saturated heterocycles. The first-order valence-electron chi connectivity index (χ1n) is 10.4. The molecule has 1 aromatic heterocycles. The zero-order chi connectivity index (χ0) is 21.0. The monoisotopic (exact) mass is 411 g/mol. The number of fused-ring (bicyclic) bond motifs is 1. The van der Waals surface area contributed by atoms with Crippen molar-refractivity contribution in [2.75, 3.05) is 33.4 Å². The highest BCUT2D eigenvalue weighted by Crippen LogP contribution is 2.33. The highest BCUT2D eigenvalue weighted by atomic mass is 19.1. The van der Waals surface area contributed by atoms with E-state index in [1.54, 1.807) is 19.3 Å². The summed E-state index contributed by atoms with van der Waals surface area (Å²) in [5.74, 6) is 0.778. The zero-order valence-corrected chi connectivity index (χ0v) is 17.1. The van der Waals surface area contributed by atoms with Crippen LogP contribution in [0.4, 0.5) is 4.39 Å². The number of hydrogen-bond donors (Lipinski definition) is 0. The minimum Gasteiger partial charge on any atom is -0.501 e. The molecule has 30 heavy (non-hydrogen) atoms. The third kappa shape index (κ3) is 4.40.